The summed E-state index contributed by atoms with van der Waals surface area (Å²) in [5, 5.41) is 8.45. The van der Waals surface area contributed by atoms with Crippen molar-refractivity contribution in [3.05, 3.63) is 64.3 Å². The molecule has 0 atom stereocenters. The summed E-state index contributed by atoms with van der Waals surface area (Å²) in [6.45, 7) is 1.85. The van der Waals surface area contributed by atoms with Gasteiger partial charge in [0, 0.05) is 11.5 Å². The van der Waals surface area contributed by atoms with Crippen LogP contribution in [0.4, 0.5) is 5.82 Å². The van der Waals surface area contributed by atoms with Crippen LogP contribution in [0.1, 0.15) is 16.1 Å². The number of nitrogens with one attached hydrogen (secondary N) is 1. The third-order valence-electron chi connectivity index (χ3n) is 4.89. The number of fused-ring (bicyclic) bond motifs is 1. The van der Waals surface area contributed by atoms with Crippen molar-refractivity contribution < 1.29 is 19.0 Å². The van der Waals surface area contributed by atoms with Crippen LogP contribution in [0.25, 0.3) is 16.7 Å². The molecule has 0 radical (unpaired) electrons. The molecule has 1 N–H and O–H groups in total. The Labute approximate surface area is 193 Å². The van der Waals surface area contributed by atoms with Crippen molar-refractivity contribution in [1.29, 1.82) is 0 Å². The molecule has 4 aromatic rings. The summed E-state index contributed by atoms with van der Waals surface area (Å²) in [5.74, 6) is 1.82. The minimum atomic E-state index is -0.377. The molecule has 0 saturated carbocycles. The Morgan fingerprint density at radius 3 is 2.47 bits per heavy atom. The Balaban J connectivity index is 1.73. The first-order chi connectivity index (χ1) is 15.5. The highest BCUT2D eigenvalue weighted by atomic mass is 79.9. The number of halogens is 1. The average molecular weight is 497 g/mol. The predicted octanol–water partition coefficient (Wildman–Crippen LogP) is 4.77. The van der Waals surface area contributed by atoms with Crippen molar-refractivity contribution in [3.8, 4) is 23.1 Å². The van der Waals surface area contributed by atoms with E-state index in [0.717, 1.165) is 16.6 Å². The fourth-order valence-corrected chi connectivity index (χ4v) is 4.04. The fourth-order valence-electron chi connectivity index (χ4n) is 3.41. The second-order valence-corrected chi connectivity index (χ2v) is 7.70. The number of ether oxygens (including phenoxy) is 3. The Kier molecular flexibility index (Phi) is 6.00. The number of methoxy groups -OCH3 is 3. The molecule has 2 heterocycles. The summed E-state index contributed by atoms with van der Waals surface area (Å²) in [7, 11) is 4.49. The van der Waals surface area contributed by atoms with Crippen LogP contribution >= 0.6 is 15.9 Å². The number of aromatic nitrogens is 3. The lowest BCUT2D eigenvalue weighted by molar-refractivity contribution is 0.102. The summed E-state index contributed by atoms with van der Waals surface area (Å²) in [6, 6.07) is 15.0. The molecule has 0 saturated heterocycles. The molecule has 2 aromatic heterocycles. The lowest BCUT2D eigenvalue weighted by Crippen LogP contribution is -2.17. The van der Waals surface area contributed by atoms with Crippen LogP contribution < -0.4 is 19.5 Å². The molecule has 0 spiro atoms. The van der Waals surface area contributed by atoms with Gasteiger partial charge in [0.05, 0.1) is 42.6 Å². The summed E-state index contributed by atoms with van der Waals surface area (Å²) in [4.78, 5) is 17.9. The Morgan fingerprint density at radius 1 is 1.00 bits per heavy atom. The van der Waals surface area contributed by atoms with Gasteiger partial charge in [-0.25, -0.2) is 4.98 Å². The van der Waals surface area contributed by atoms with Crippen molar-refractivity contribution in [2.45, 2.75) is 6.92 Å². The van der Waals surface area contributed by atoms with Gasteiger partial charge in [-0.15, -0.1) is 0 Å². The third-order valence-corrected chi connectivity index (χ3v) is 5.68. The fraction of sp³-hybridized carbons (Fsp3) is 0.174. The lowest BCUT2D eigenvalue weighted by atomic mass is 10.1. The highest BCUT2D eigenvalue weighted by molar-refractivity contribution is 9.10. The molecule has 164 valence electrons. The van der Waals surface area contributed by atoms with Gasteiger partial charge in [0.15, 0.2) is 17.3 Å². The van der Waals surface area contributed by atoms with Gasteiger partial charge in [-0.3, -0.25) is 4.79 Å². The standard InChI is InChI=1S/C23H21BrN4O4/c1-13-11-19(28(27-13)18-10-9-14-7-5-6-8-16(14)25-18)26-23(29)15-12-17(30-2)21(31-3)22(32-4)20(15)24/h5-12H,1-4H3,(H,26,29). The second kappa shape index (κ2) is 8.88. The van der Waals surface area contributed by atoms with E-state index in [-0.39, 0.29) is 5.91 Å². The van der Waals surface area contributed by atoms with Crippen LogP contribution in [0.5, 0.6) is 17.2 Å². The molecule has 0 aliphatic rings. The van der Waals surface area contributed by atoms with Crippen LogP contribution in [-0.4, -0.2) is 42.0 Å². The van der Waals surface area contributed by atoms with Crippen molar-refractivity contribution in [2.24, 2.45) is 0 Å². The number of aryl methyl sites for hydroxylation is 1. The SMILES string of the molecule is COc1cc(C(=O)Nc2cc(C)nn2-c2ccc3ccccc3n2)c(Br)c(OC)c1OC. The molecule has 0 unspecified atom stereocenters. The summed E-state index contributed by atoms with van der Waals surface area (Å²) < 4.78 is 18.2. The number of rotatable bonds is 6. The maximum absolute atomic E-state index is 13.2. The van der Waals surface area contributed by atoms with Crippen molar-refractivity contribution in [2.75, 3.05) is 26.6 Å². The normalized spacial score (nSPS) is 10.8. The summed E-state index contributed by atoms with van der Waals surface area (Å²) in [5.41, 5.74) is 1.89. The van der Waals surface area contributed by atoms with Crippen LogP contribution in [0.15, 0.2) is 53.0 Å². The van der Waals surface area contributed by atoms with Gasteiger partial charge in [-0.05, 0) is 47.1 Å². The van der Waals surface area contributed by atoms with Crippen LogP contribution in [0, 0.1) is 6.92 Å². The molecule has 9 heteroatoms. The second-order valence-electron chi connectivity index (χ2n) is 6.91. The number of anilines is 1. The van der Waals surface area contributed by atoms with E-state index in [9.17, 15) is 4.79 Å². The van der Waals surface area contributed by atoms with E-state index in [2.05, 4.69) is 31.3 Å². The molecule has 4 rings (SSSR count). The van der Waals surface area contributed by atoms with Crippen LogP contribution in [0.2, 0.25) is 0 Å². The minimum Gasteiger partial charge on any atom is -0.493 e. The van der Waals surface area contributed by atoms with Crippen LogP contribution in [0.3, 0.4) is 0 Å². The van der Waals surface area contributed by atoms with E-state index in [0.29, 0.717) is 38.9 Å². The van der Waals surface area contributed by atoms with Crippen molar-refractivity contribution in [1.82, 2.24) is 14.8 Å². The minimum absolute atomic E-state index is 0.316. The molecular formula is C23H21BrN4O4. The number of carbonyl (C=O) groups is 1. The van der Waals surface area contributed by atoms with Crippen molar-refractivity contribution >= 4 is 38.6 Å². The first-order valence-corrected chi connectivity index (χ1v) is 10.5. The highest BCUT2D eigenvalue weighted by Crippen LogP contribution is 2.44. The number of benzene rings is 2. The van der Waals surface area contributed by atoms with Gasteiger partial charge in [-0.1, -0.05) is 18.2 Å². The molecule has 0 aliphatic heterocycles. The Morgan fingerprint density at radius 2 is 1.75 bits per heavy atom. The molecule has 1 amide bonds. The number of para-hydroxylation sites is 1. The van der Waals surface area contributed by atoms with Gasteiger partial charge in [0.25, 0.3) is 5.91 Å². The van der Waals surface area contributed by atoms with E-state index in [1.165, 1.54) is 21.3 Å². The number of nitrogens with zero attached hydrogens (tertiary/aromatic N) is 3. The summed E-state index contributed by atoms with van der Waals surface area (Å²) in [6.07, 6.45) is 0. The number of carbonyl (C=O) groups excluding carboxylic acids is 1. The number of amides is 1. The van der Waals surface area contributed by atoms with Gasteiger partial charge in [0.1, 0.15) is 5.82 Å². The zero-order valence-electron chi connectivity index (χ0n) is 18.0. The van der Waals surface area contributed by atoms with E-state index in [1.54, 1.807) is 16.8 Å². The molecule has 0 fully saturated rings. The molecule has 2 aromatic carbocycles. The van der Waals surface area contributed by atoms with Gasteiger partial charge >= 0.3 is 0 Å². The quantitative estimate of drug-likeness (QED) is 0.413. The maximum Gasteiger partial charge on any atom is 0.258 e. The average Bonchev–Trinajstić information content (AvgIpc) is 3.17. The predicted molar refractivity (Wildman–Crippen MR) is 125 cm³/mol. The molecular weight excluding hydrogens is 476 g/mol. The smallest absolute Gasteiger partial charge is 0.258 e. The first kappa shape index (κ1) is 21.6. The first-order valence-electron chi connectivity index (χ1n) is 9.69. The number of hydrogen-bond donors (Lipinski definition) is 1. The maximum atomic E-state index is 13.2. The van der Waals surface area contributed by atoms with Crippen molar-refractivity contribution in [3.63, 3.8) is 0 Å². The Bertz CT molecular complexity index is 1320. The van der Waals surface area contributed by atoms with E-state index < -0.39 is 0 Å². The zero-order valence-corrected chi connectivity index (χ0v) is 19.6. The monoisotopic (exact) mass is 496 g/mol. The van der Waals surface area contributed by atoms with Gasteiger partial charge in [-0.2, -0.15) is 9.78 Å². The van der Waals surface area contributed by atoms with E-state index in [1.807, 2.05) is 43.3 Å². The third kappa shape index (κ3) is 3.87. The molecule has 0 bridgehead atoms. The van der Waals surface area contributed by atoms with E-state index in [4.69, 9.17) is 14.2 Å². The highest BCUT2D eigenvalue weighted by Gasteiger charge is 2.24. The molecule has 0 aliphatic carbocycles. The lowest BCUT2D eigenvalue weighted by Gasteiger charge is -2.16. The van der Waals surface area contributed by atoms with Gasteiger partial charge < -0.3 is 19.5 Å². The van der Waals surface area contributed by atoms with Crippen LogP contribution in [-0.2, 0) is 0 Å². The number of hydrogen-bond acceptors (Lipinski definition) is 6. The van der Waals surface area contributed by atoms with Gasteiger partial charge in [0.2, 0.25) is 5.75 Å². The molecule has 32 heavy (non-hydrogen) atoms. The summed E-state index contributed by atoms with van der Waals surface area (Å²) >= 11 is 3.45. The largest absolute Gasteiger partial charge is 0.493 e. The van der Waals surface area contributed by atoms with E-state index >= 15 is 0 Å². The number of pyridine rings is 1. The zero-order chi connectivity index (χ0) is 22.8. The topological polar surface area (TPSA) is 87.5 Å². The Hall–Kier alpha value is -3.59. The molecule has 8 nitrogen and oxygen atoms in total.